The summed E-state index contributed by atoms with van der Waals surface area (Å²) in [5.41, 5.74) is 2.01. The van der Waals surface area contributed by atoms with E-state index >= 15 is 0 Å². The lowest BCUT2D eigenvalue weighted by Crippen LogP contribution is -2.33. The van der Waals surface area contributed by atoms with Crippen LogP contribution in [0.15, 0.2) is 30.3 Å². The maximum atomic E-state index is 5.93. The molecule has 0 saturated carbocycles. The molecule has 2 heterocycles. The molecule has 1 saturated heterocycles. The van der Waals surface area contributed by atoms with Crippen LogP contribution in [-0.4, -0.2) is 36.8 Å². The van der Waals surface area contributed by atoms with E-state index in [1.807, 2.05) is 24.3 Å². The smallest absolute Gasteiger partial charge is 0.231 e. The Kier molecular flexibility index (Phi) is 4.72. The molecule has 2 aromatic rings. The largest absolute Gasteiger partial charge is 0.481 e. The molecule has 1 aliphatic rings. The van der Waals surface area contributed by atoms with Crippen molar-refractivity contribution in [1.82, 2.24) is 15.3 Å². The van der Waals surface area contributed by atoms with Gasteiger partial charge in [0.2, 0.25) is 11.8 Å². The minimum Gasteiger partial charge on any atom is -0.481 e. The van der Waals surface area contributed by atoms with Crippen LogP contribution in [-0.2, 0) is 4.74 Å². The molecule has 1 aliphatic heterocycles. The summed E-state index contributed by atoms with van der Waals surface area (Å²) in [6.07, 6.45) is 0.102. The van der Waals surface area contributed by atoms with Gasteiger partial charge in [-0.2, -0.15) is 4.98 Å². The molecule has 0 spiro atoms. The van der Waals surface area contributed by atoms with E-state index in [2.05, 4.69) is 20.6 Å². The first kappa shape index (κ1) is 15.0. The fraction of sp³-hybridized carbons (Fsp3) is 0.333. The van der Waals surface area contributed by atoms with Crippen molar-refractivity contribution in [2.45, 2.75) is 6.10 Å². The van der Waals surface area contributed by atoms with E-state index in [1.54, 1.807) is 6.07 Å². The number of morpholine rings is 1. The molecule has 1 fully saturated rings. The molecule has 0 amide bonds. The monoisotopic (exact) mass is 320 g/mol. The summed E-state index contributed by atoms with van der Waals surface area (Å²) >= 11 is 5.93. The van der Waals surface area contributed by atoms with Gasteiger partial charge in [-0.25, -0.2) is 4.98 Å². The van der Waals surface area contributed by atoms with Gasteiger partial charge in [0.15, 0.2) is 0 Å². The Morgan fingerprint density at radius 2 is 2.14 bits per heavy atom. The molecule has 2 N–H and O–H groups in total. The second-order valence-electron chi connectivity index (χ2n) is 4.87. The van der Waals surface area contributed by atoms with Gasteiger partial charge in [-0.15, -0.1) is 0 Å². The molecule has 7 heteroatoms. The molecule has 0 unspecified atom stereocenters. The van der Waals surface area contributed by atoms with Gasteiger partial charge in [-0.3, -0.25) is 0 Å². The van der Waals surface area contributed by atoms with Crippen molar-refractivity contribution >= 4 is 23.2 Å². The first-order valence-electron chi connectivity index (χ1n) is 7.02. The van der Waals surface area contributed by atoms with Gasteiger partial charge in [0.25, 0.3) is 0 Å². The molecule has 1 atom stereocenters. The molecule has 6 nitrogen and oxygen atoms in total. The van der Waals surface area contributed by atoms with E-state index in [0.717, 1.165) is 30.9 Å². The normalized spacial score (nSPS) is 18.0. The number of hydrogen-bond acceptors (Lipinski definition) is 6. The molecular weight excluding hydrogens is 304 g/mol. The number of ether oxygens (including phenoxy) is 2. The van der Waals surface area contributed by atoms with Crippen LogP contribution in [0.5, 0.6) is 5.88 Å². The Morgan fingerprint density at radius 1 is 1.32 bits per heavy atom. The zero-order valence-electron chi connectivity index (χ0n) is 12.2. The number of benzene rings is 1. The lowest BCUT2D eigenvalue weighted by molar-refractivity contribution is 0.0277. The Hall–Kier alpha value is -1.89. The van der Waals surface area contributed by atoms with Gasteiger partial charge >= 0.3 is 0 Å². The number of nitrogens with zero attached hydrogens (tertiary/aromatic N) is 2. The van der Waals surface area contributed by atoms with Gasteiger partial charge in [0.05, 0.1) is 19.8 Å². The maximum absolute atomic E-state index is 5.93. The molecule has 0 aliphatic carbocycles. The number of hydrogen-bond donors (Lipinski definition) is 2. The fourth-order valence-corrected chi connectivity index (χ4v) is 2.42. The fourth-order valence-electron chi connectivity index (χ4n) is 2.25. The Bertz CT molecular complexity index is 630. The Balaban J connectivity index is 1.71. The number of rotatable bonds is 4. The van der Waals surface area contributed by atoms with Gasteiger partial charge in [-0.05, 0) is 17.7 Å². The highest BCUT2D eigenvalue weighted by Crippen LogP contribution is 2.23. The Labute approximate surface area is 133 Å². The third-order valence-corrected chi connectivity index (χ3v) is 3.54. The number of nitrogens with one attached hydrogen (secondary N) is 2. The van der Waals surface area contributed by atoms with E-state index in [-0.39, 0.29) is 6.10 Å². The van der Waals surface area contributed by atoms with Crippen LogP contribution in [0.1, 0.15) is 11.7 Å². The zero-order chi connectivity index (χ0) is 15.4. The summed E-state index contributed by atoms with van der Waals surface area (Å²) in [4.78, 5) is 8.31. The quantitative estimate of drug-likeness (QED) is 0.844. The van der Waals surface area contributed by atoms with Crippen molar-refractivity contribution in [3.05, 3.63) is 41.0 Å². The summed E-state index contributed by atoms with van der Waals surface area (Å²) in [5.74, 6) is 0.813. The van der Waals surface area contributed by atoms with Crippen LogP contribution in [0.25, 0.3) is 0 Å². The van der Waals surface area contributed by atoms with E-state index in [1.165, 1.54) is 7.11 Å². The summed E-state index contributed by atoms with van der Waals surface area (Å²) < 4.78 is 10.8. The number of aromatic nitrogens is 2. The predicted octanol–water partition coefficient (Wildman–Crippen LogP) is 2.54. The highest BCUT2D eigenvalue weighted by molar-refractivity contribution is 6.29. The highest BCUT2D eigenvalue weighted by atomic mass is 35.5. The Morgan fingerprint density at radius 3 is 2.82 bits per heavy atom. The second kappa shape index (κ2) is 6.91. The van der Waals surface area contributed by atoms with Crippen molar-refractivity contribution in [1.29, 1.82) is 0 Å². The van der Waals surface area contributed by atoms with Gasteiger partial charge < -0.3 is 20.1 Å². The van der Waals surface area contributed by atoms with Crippen molar-refractivity contribution in [2.75, 3.05) is 32.1 Å². The lowest BCUT2D eigenvalue weighted by atomic mass is 10.1. The summed E-state index contributed by atoms with van der Waals surface area (Å²) in [6.45, 7) is 2.48. The predicted molar refractivity (Wildman–Crippen MR) is 84.9 cm³/mol. The van der Waals surface area contributed by atoms with E-state index in [9.17, 15) is 0 Å². The molecule has 3 rings (SSSR count). The molecular formula is C15H17ClN4O2. The van der Waals surface area contributed by atoms with Crippen LogP contribution in [0.2, 0.25) is 5.15 Å². The van der Waals surface area contributed by atoms with Crippen molar-refractivity contribution in [3.63, 3.8) is 0 Å². The number of anilines is 2. The van der Waals surface area contributed by atoms with Crippen LogP contribution in [0.4, 0.5) is 11.6 Å². The van der Waals surface area contributed by atoms with Crippen molar-refractivity contribution < 1.29 is 9.47 Å². The average Bonchev–Trinajstić information content (AvgIpc) is 2.56. The topological polar surface area (TPSA) is 68.3 Å². The number of methoxy groups -OCH3 is 1. The zero-order valence-corrected chi connectivity index (χ0v) is 12.9. The third kappa shape index (κ3) is 3.65. The molecule has 0 radical (unpaired) electrons. The van der Waals surface area contributed by atoms with Gasteiger partial charge in [-0.1, -0.05) is 23.7 Å². The van der Waals surface area contributed by atoms with Crippen molar-refractivity contribution in [2.24, 2.45) is 0 Å². The van der Waals surface area contributed by atoms with E-state index in [0.29, 0.717) is 17.0 Å². The summed E-state index contributed by atoms with van der Waals surface area (Å²) in [7, 11) is 1.54. The molecule has 22 heavy (non-hydrogen) atoms. The first-order chi connectivity index (χ1) is 10.7. The SMILES string of the molecule is COc1cc(Cl)nc(Nc2ccc([C@@H]3CNCCO3)cc2)n1. The average molecular weight is 321 g/mol. The van der Waals surface area contributed by atoms with Crippen LogP contribution in [0.3, 0.4) is 0 Å². The molecule has 1 aromatic heterocycles. The van der Waals surface area contributed by atoms with Crippen LogP contribution < -0.4 is 15.4 Å². The minimum atomic E-state index is 0.102. The molecule has 0 bridgehead atoms. The lowest BCUT2D eigenvalue weighted by Gasteiger charge is -2.24. The summed E-state index contributed by atoms with van der Waals surface area (Å²) in [6, 6.07) is 9.54. The third-order valence-electron chi connectivity index (χ3n) is 3.35. The molecule has 116 valence electrons. The first-order valence-corrected chi connectivity index (χ1v) is 7.40. The van der Waals surface area contributed by atoms with Gasteiger partial charge in [0.1, 0.15) is 5.15 Å². The molecule has 1 aromatic carbocycles. The number of halogens is 1. The minimum absolute atomic E-state index is 0.102. The maximum Gasteiger partial charge on any atom is 0.231 e. The van der Waals surface area contributed by atoms with Gasteiger partial charge in [0, 0.05) is 24.8 Å². The van der Waals surface area contributed by atoms with Crippen molar-refractivity contribution in [3.8, 4) is 5.88 Å². The highest BCUT2D eigenvalue weighted by Gasteiger charge is 2.15. The van der Waals surface area contributed by atoms with E-state index < -0.39 is 0 Å². The van der Waals surface area contributed by atoms with E-state index in [4.69, 9.17) is 21.1 Å². The van der Waals surface area contributed by atoms with Crippen LogP contribution in [0, 0.1) is 0 Å². The standard InChI is InChI=1S/C15H17ClN4O2/c1-21-14-8-13(16)19-15(20-14)18-11-4-2-10(3-5-11)12-9-17-6-7-22-12/h2-5,8,12,17H,6-7,9H2,1H3,(H,18,19,20)/t12-/m0/s1. The van der Waals surface area contributed by atoms with Crippen LogP contribution >= 0.6 is 11.6 Å². The summed E-state index contributed by atoms with van der Waals surface area (Å²) in [5, 5.41) is 6.75. The second-order valence-corrected chi connectivity index (χ2v) is 5.25.